The second-order valence-electron chi connectivity index (χ2n) is 8.37. The van der Waals surface area contributed by atoms with Gasteiger partial charge in [0.25, 0.3) is 17.4 Å². The number of methoxy groups -OCH3 is 1. The highest BCUT2D eigenvalue weighted by Gasteiger charge is 2.46. The Morgan fingerprint density at radius 1 is 1.06 bits per heavy atom. The normalized spacial score (nSPS) is 17.0. The van der Waals surface area contributed by atoms with E-state index in [-0.39, 0.29) is 23.4 Å². The Morgan fingerprint density at radius 2 is 1.75 bits per heavy atom. The third kappa shape index (κ3) is 3.86. The fraction of sp³-hybridized carbons (Fsp3) is 0.111. The number of aliphatic hydroxyl groups excluding tert-OH is 1. The van der Waals surface area contributed by atoms with Gasteiger partial charge < -0.3 is 19.7 Å². The van der Waals surface area contributed by atoms with Gasteiger partial charge in [0.15, 0.2) is 0 Å². The van der Waals surface area contributed by atoms with Crippen LogP contribution >= 0.6 is 0 Å². The number of aliphatic hydroxyl groups is 1. The zero-order valence-corrected chi connectivity index (χ0v) is 19.2. The van der Waals surface area contributed by atoms with Crippen molar-refractivity contribution in [1.82, 2.24) is 9.88 Å². The largest absolute Gasteiger partial charge is 0.507 e. The monoisotopic (exact) mass is 483 g/mol. The SMILES string of the molecule is COc1ccc(CN2C(=O)C(=O)/C(=C(/O)c3ccc([N+](=O)[O-])cc3)C2c2c[nH]c3ccccc23)cc1. The number of nitro groups is 1. The molecule has 0 spiro atoms. The molecular weight excluding hydrogens is 462 g/mol. The Kier molecular flexibility index (Phi) is 5.73. The summed E-state index contributed by atoms with van der Waals surface area (Å²) in [4.78, 5) is 41.6. The lowest BCUT2D eigenvalue weighted by Gasteiger charge is -2.25. The van der Waals surface area contributed by atoms with Gasteiger partial charge in [-0.1, -0.05) is 30.3 Å². The highest BCUT2D eigenvalue weighted by molar-refractivity contribution is 6.46. The summed E-state index contributed by atoms with van der Waals surface area (Å²) < 4.78 is 5.20. The molecule has 0 bridgehead atoms. The van der Waals surface area contributed by atoms with Gasteiger partial charge >= 0.3 is 0 Å². The van der Waals surface area contributed by atoms with Gasteiger partial charge in [0.05, 0.1) is 23.6 Å². The number of benzene rings is 3. The van der Waals surface area contributed by atoms with Gasteiger partial charge in [0.1, 0.15) is 11.5 Å². The number of nitrogens with one attached hydrogen (secondary N) is 1. The number of H-pyrrole nitrogens is 1. The number of non-ortho nitro benzene ring substituents is 1. The Morgan fingerprint density at radius 3 is 2.42 bits per heavy atom. The minimum atomic E-state index is -0.876. The van der Waals surface area contributed by atoms with Crippen LogP contribution in [0.2, 0.25) is 0 Å². The smallest absolute Gasteiger partial charge is 0.295 e. The zero-order valence-electron chi connectivity index (χ0n) is 19.2. The van der Waals surface area contributed by atoms with Crippen LogP contribution in [0.15, 0.2) is 84.6 Å². The van der Waals surface area contributed by atoms with Crippen LogP contribution in [0.25, 0.3) is 16.7 Å². The highest BCUT2D eigenvalue weighted by atomic mass is 16.6. The molecule has 1 aliphatic heterocycles. The zero-order chi connectivity index (χ0) is 25.4. The number of Topliss-reactive ketones (excluding diaryl/α,β-unsaturated/α-hetero) is 1. The van der Waals surface area contributed by atoms with Crippen LogP contribution < -0.4 is 4.74 Å². The van der Waals surface area contributed by atoms with E-state index in [0.717, 1.165) is 16.5 Å². The lowest BCUT2D eigenvalue weighted by Crippen LogP contribution is -2.29. The molecule has 0 radical (unpaired) electrons. The van der Waals surface area contributed by atoms with Crippen molar-refractivity contribution in [3.63, 3.8) is 0 Å². The molecule has 5 rings (SSSR count). The van der Waals surface area contributed by atoms with Gasteiger partial charge in [-0.2, -0.15) is 0 Å². The number of amides is 1. The molecule has 9 nitrogen and oxygen atoms in total. The average molecular weight is 483 g/mol. The Labute approximate surface area is 205 Å². The van der Waals surface area contributed by atoms with Crippen LogP contribution in [0, 0.1) is 10.1 Å². The molecule has 0 aliphatic carbocycles. The van der Waals surface area contributed by atoms with Crippen molar-refractivity contribution >= 4 is 34.0 Å². The van der Waals surface area contributed by atoms with Crippen molar-refractivity contribution in [3.8, 4) is 5.75 Å². The fourth-order valence-electron chi connectivity index (χ4n) is 4.51. The van der Waals surface area contributed by atoms with Gasteiger partial charge in [-0.3, -0.25) is 19.7 Å². The van der Waals surface area contributed by atoms with Crippen LogP contribution in [-0.4, -0.2) is 38.7 Å². The molecule has 3 aromatic carbocycles. The van der Waals surface area contributed by atoms with E-state index in [1.165, 1.54) is 29.2 Å². The van der Waals surface area contributed by atoms with Crippen LogP contribution in [-0.2, 0) is 16.1 Å². The third-order valence-electron chi connectivity index (χ3n) is 6.32. The number of aromatic nitrogens is 1. The molecule has 1 aromatic heterocycles. The molecule has 180 valence electrons. The van der Waals surface area contributed by atoms with E-state index in [9.17, 15) is 24.8 Å². The van der Waals surface area contributed by atoms with Crippen molar-refractivity contribution < 1.29 is 24.4 Å². The lowest BCUT2D eigenvalue weighted by atomic mass is 9.94. The molecule has 0 saturated carbocycles. The summed E-state index contributed by atoms with van der Waals surface area (Å²) in [5.74, 6) is -1.30. The van der Waals surface area contributed by atoms with Gasteiger partial charge in [-0.15, -0.1) is 0 Å². The molecule has 9 heteroatoms. The van der Waals surface area contributed by atoms with Crippen LogP contribution in [0.5, 0.6) is 5.75 Å². The number of rotatable bonds is 6. The van der Waals surface area contributed by atoms with Gasteiger partial charge in [-0.25, -0.2) is 0 Å². The first-order chi connectivity index (χ1) is 17.4. The summed E-state index contributed by atoms with van der Waals surface area (Å²) in [6, 6.07) is 18.9. The molecule has 1 amide bonds. The maximum Gasteiger partial charge on any atom is 0.295 e. The minimum Gasteiger partial charge on any atom is -0.507 e. The fourth-order valence-corrected chi connectivity index (χ4v) is 4.51. The van der Waals surface area contributed by atoms with Gasteiger partial charge in [0, 0.05) is 46.9 Å². The quantitative estimate of drug-likeness (QED) is 0.135. The number of hydrogen-bond donors (Lipinski definition) is 2. The van der Waals surface area contributed by atoms with Crippen molar-refractivity contribution in [2.45, 2.75) is 12.6 Å². The number of hydrogen-bond acceptors (Lipinski definition) is 6. The molecule has 1 fully saturated rings. The Bertz CT molecular complexity index is 1520. The number of nitro benzene ring substituents is 1. The molecule has 1 unspecified atom stereocenters. The van der Waals surface area contributed by atoms with E-state index in [4.69, 9.17) is 4.74 Å². The highest BCUT2D eigenvalue weighted by Crippen LogP contribution is 2.42. The number of nitrogens with zero attached hydrogens (tertiary/aromatic N) is 2. The van der Waals surface area contributed by atoms with Crippen molar-refractivity contribution in [1.29, 1.82) is 0 Å². The standard InChI is InChI=1S/C27H21N3O6/c1-36-19-12-6-16(7-13-19)15-29-24(21-14-28-22-5-3-2-4-20(21)22)23(26(32)27(29)33)25(31)17-8-10-18(11-9-17)30(34)35/h2-14,24,28,31H,15H2,1H3/b25-23+. The first-order valence-electron chi connectivity index (χ1n) is 11.1. The number of carbonyl (C=O) groups is 2. The molecule has 4 aromatic rings. The first-order valence-corrected chi connectivity index (χ1v) is 11.1. The Hall–Kier alpha value is -4.92. The maximum absolute atomic E-state index is 13.3. The van der Waals surface area contributed by atoms with Crippen molar-refractivity contribution in [3.05, 3.63) is 111 Å². The summed E-state index contributed by atoms with van der Waals surface area (Å²) in [6.45, 7) is 0.121. The van der Waals surface area contributed by atoms with Crippen LogP contribution in [0.1, 0.15) is 22.7 Å². The third-order valence-corrected chi connectivity index (χ3v) is 6.32. The number of ketones is 1. The molecule has 2 N–H and O–H groups in total. The second kappa shape index (κ2) is 9.03. The van der Waals surface area contributed by atoms with Gasteiger partial charge in [-0.05, 0) is 35.9 Å². The molecule has 1 aliphatic rings. The predicted molar refractivity (Wildman–Crippen MR) is 132 cm³/mol. The molecule has 2 heterocycles. The summed E-state index contributed by atoms with van der Waals surface area (Å²) in [5.41, 5.74) is 2.22. The lowest BCUT2D eigenvalue weighted by molar-refractivity contribution is -0.384. The summed E-state index contributed by atoms with van der Waals surface area (Å²) in [7, 11) is 1.56. The van der Waals surface area contributed by atoms with E-state index >= 15 is 0 Å². The number of likely N-dealkylation sites (tertiary alicyclic amines) is 1. The van der Waals surface area contributed by atoms with Gasteiger partial charge in [0.2, 0.25) is 0 Å². The first kappa shape index (κ1) is 22.9. The Balaban J connectivity index is 1.65. The summed E-state index contributed by atoms with van der Waals surface area (Å²) in [5, 5.41) is 23.1. The van der Waals surface area contributed by atoms with E-state index in [2.05, 4.69) is 4.98 Å². The van der Waals surface area contributed by atoms with E-state index in [0.29, 0.717) is 11.3 Å². The molecular formula is C27H21N3O6. The second-order valence-corrected chi connectivity index (χ2v) is 8.37. The summed E-state index contributed by atoms with van der Waals surface area (Å²) in [6.07, 6.45) is 1.73. The number of aromatic amines is 1. The molecule has 1 saturated heterocycles. The molecule has 36 heavy (non-hydrogen) atoms. The number of carbonyl (C=O) groups excluding carboxylic acids is 2. The number of fused-ring (bicyclic) bond motifs is 1. The topological polar surface area (TPSA) is 126 Å². The number of ether oxygens (including phenoxy) is 1. The average Bonchev–Trinajstić information content (AvgIpc) is 3.43. The van der Waals surface area contributed by atoms with Crippen LogP contribution in [0.3, 0.4) is 0 Å². The van der Waals surface area contributed by atoms with E-state index in [1.807, 2.05) is 24.3 Å². The maximum atomic E-state index is 13.3. The minimum absolute atomic E-state index is 0.0767. The van der Waals surface area contributed by atoms with Crippen molar-refractivity contribution in [2.24, 2.45) is 0 Å². The van der Waals surface area contributed by atoms with Crippen molar-refractivity contribution in [2.75, 3.05) is 7.11 Å². The van der Waals surface area contributed by atoms with Crippen LogP contribution in [0.4, 0.5) is 5.69 Å². The summed E-state index contributed by atoms with van der Waals surface area (Å²) >= 11 is 0. The number of para-hydroxylation sites is 1. The predicted octanol–water partition coefficient (Wildman–Crippen LogP) is 4.71. The molecule has 1 atom stereocenters. The van der Waals surface area contributed by atoms with E-state index in [1.54, 1.807) is 37.6 Å². The van der Waals surface area contributed by atoms with E-state index < -0.39 is 28.4 Å².